The first kappa shape index (κ1) is 35.0. The van der Waals surface area contributed by atoms with E-state index in [2.05, 4.69) is 10.6 Å². The zero-order chi connectivity index (χ0) is 29.3. The molecule has 0 heterocycles. The van der Waals surface area contributed by atoms with Gasteiger partial charge in [0, 0.05) is 22.0 Å². The monoisotopic (exact) mass is 564 g/mol. The Bertz CT molecular complexity index is 905. The molecule has 0 rings (SSSR count). The molecule has 4 N–H and O–H groups in total. The Labute approximate surface area is 223 Å². The van der Waals surface area contributed by atoms with Gasteiger partial charge in [0.05, 0.1) is 11.9 Å². The van der Waals surface area contributed by atoms with Gasteiger partial charge >= 0.3 is 0 Å². The lowest BCUT2D eigenvalue weighted by Gasteiger charge is -2.33. The van der Waals surface area contributed by atoms with Crippen LogP contribution < -0.4 is 15.4 Å². The van der Waals surface area contributed by atoms with Gasteiger partial charge in [-0.2, -0.15) is 0 Å². The van der Waals surface area contributed by atoms with Crippen molar-refractivity contribution in [1.82, 2.24) is 20.3 Å². The number of rotatable bonds is 15. The molecule has 0 spiro atoms. The van der Waals surface area contributed by atoms with Crippen LogP contribution in [0.4, 0.5) is 0 Å². The summed E-state index contributed by atoms with van der Waals surface area (Å²) in [4.78, 5) is 52.5. The molecule has 37 heavy (non-hydrogen) atoms. The summed E-state index contributed by atoms with van der Waals surface area (Å²) in [5, 5.41) is 15.3. The van der Waals surface area contributed by atoms with Crippen LogP contribution in [-0.2, 0) is 29.2 Å². The molecule has 13 heteroatoms. The molecule has 0 bridgehead atoms. The van der Waals surface area contributed by atoms with Crippen LogP contribution in [-0.4, -0.2) is 87.2 Å². The number of carbonyl (C=O) groups is 4. The van der Waals surface area contributed by atoms with E-state index < -0.39 is 60.0 Å². The molecular weight excluding hydrogens is 516 g/mol. The maximum atomic E-state index is 13.2. The first-order chi connectivity index (χ1) is 16.8. The maximum absolute atomic E-state index is 13.2. The Morgan fingerprint density at radius 3 is 1.76 bits per heavy atom. The lowest BCUT2D eigenvalue weighted by Crippen LogP contribution is -2.61. The Hall–Kier alpha value is -1.99. The fourth-order valence-electron chi connectivity index (χ4n) is 3.53. The van der Waals surface area contributed by atoms with E-state index in [0.29, 0.717) is 18.9 Å². The summed E-state index contributed by atoms with van der Waals surface area (Å²) in [7, 11) is -4.13. The highest BCUT2D eigenvalue weighted by molar-refractivity contribution is 7.90. The highest BCUT2D eigenvalue weighted by atomic mass is 32.2. The zero-order valence-corrected chi connectivity index (χ0v) is 25.9. The fraction of sp³-hybridized carbons (Fsp3) is 0.833. The van der Waals surface area contributed by atoms with Gasteiger partial charge in [-0.1, -0.05) is 60.2 Å². The van der Waals surface area contributed by atoms with Crippen molar-refractivity contribution < 1.29 is 32.7 Å². The van der Waals surface area contributed by atoms with Crippen LogP contribution in [0.15, 0.2) is 0 Å². The number of carbonyl (C=O) groups excluding carboxylic acids is 4. The lowest BCUT2D eigenvalue weighted by molar-refractivity contribution is -0.141. The third kappa shape index (κ3) is 11.9. The molecule has 0 aromatic rings. The van der Waals surface area contributed by atoms with E-state index in [1.54, 1.807) is 6.92 Å². The van der Waals surface area contributed by atoms with Crippen molar-refractivity contribution in [3.8, 4) is 0 Å². The predicted octanol–water partition coefficient (Wildman–Crippen LogP) is 1.06. The van der Waals surface area contributed by atoms with Crippen molar-refractivity contribution in [1.29, 1.82) is 0 Å². The minimum Gasteiger partial charge on any atom is -0.391 e. The van der Waals surface area contributed by atoms with Gasteiger partial charge in [-0.3, -0.25) is 23.9 Å². The van der Waals surface area contributed by atoms with E-state index in [-0.39, 0.29) is 23.5 Å². The summed E-state index contributed by atoms with van der Waals surface area (Å²) < 4.78 is 26.8. The Balaban J connectivity index is 5.81. The molecule has 0 fully saturated rings. The molecule has 0 aromatic carbocycles. The molecule has 6 atom stereocenters. The molecule has 0 saturated heterocycles. The number of hydrogen-bond acceptors (Lipinski definition) is 7. The van der Waals surface area contributed by atoms with Gasteiger partial charge in [0.1, 0.15) is 18.1 Å². The molecule has 11 nitrogen and oxygen atoms in total. The van der Waals surface area contributed by atoms with E-state index >= 15 is 0 Å². The van der Waals surface area contributed by atoms with Gasteiger partial charge in [-0.25, -0.2) is 8.42 Å². The largest absolute Gasteiger partial charge is 0.391 e. The molecule has 0 saturated carbocycles. The first-order valence-corrected chi connectivity index (χ1v) is 18.2. The van der Waals surface area contributed by atoms with Crippen molar-refractivity contribution in [2.75, 3.05) is 12.8 Å². The van der Waals surface area contributed by atoms with Gasteiger partial charge < -0.3 is 20.6 Å². The van der Waals surface area contributed by atoms with Crippen molar-refractivity contribution in [2.45, 2.75) is 104 Å². The molecule has 0 aliphatic rings. The quantitative estimate of drug-likeness (QED) is 0.216. The fourth-order valence-corrected chi connectivity index (χ4v) is 7.59. The maximum Gasteiger partial charge on any atom is 0.258 e. The summed E-state index contributed by atoms with van der Waals surface area (Å²) in [6.45, 7) is 15.9. The normalized spacial score (nSPS) is 16.9. The van der Waals surface area contributed by atoms with E-state index in [1.165, 1.54) is 25.8 Å². The van der Waals surface area contributed by atoms with E-state index in [0.717, 1.165) is 0 Å². The van der Waals surface area contributed by atoms with Crippen molar-refractivity contribution >= 4 is 41.7 Å². The van der Waals surface area contributed by atoms with Crippen LogP contribution in [0.3, 0.4) is 0 Å². The highest BCUT2D eigenvalue weighted by Gasteiger charge is 2.37. The van der Waals surface area contributed by atoms with Crippen LogP contribution in [0.25, 0.3) is 0 Å². The number of likely N-dealkylation sites (N-methyl/N-ethyl adjacent to an activating group) is 1. The van der Waals surface area contributed by atoms with Gasteiger partial charge in [0.25, 0.3) is 5.91 Å². The second-order valence-corrected chi connectivity index (χ2v) is 18.6. The molecule has 216 valence electrons. The van der Waals surface area contributed by atoms with E-state index in [1.807, 2.05) is 45.1 Å². The van der Waals surface area contributed by atoms with Crippen molar-refractivity contribution in [2.24, 2.45) is 11.8 Å². The standard InChI is InChI=1S/C24H48N4O7SSi/c1-11-15(3)19(25-24(33)21(16(4)12-2)28(7)18(6)30)22(31)26-20(17(5)29)23(32)27-36(34,35)13-14-37(8,9)10/h15-17,19-21,29H,11-14H2,1-10H3,(H,25,33)(H,26,31)(H,27,32)/t15-,16-,17+,19-,20-,21-/m0/s1. The molecular formula is C24H48N4O7SSi. The van der Waals surface area contributed by atoms with Crippen LogP contribution in [0.5, 0.6) is 0 Å². The summed E-state index contributed by atoms with van der Waals surface area (Å²) in [6, 6.07) is -3.01. The number of aliphatic hydroxyl groups is 1. The lowest BCUT2D eigenvalue weighted by atomic mass is 9.94. The van der Waals surface area contributed by atoms with Gasteiger partial charge in [0.2, 0.25) is 27.7 Å². The summed E-state index contributed by atoms with van der Waals surface area (Å²) >= 11 is 0. The third-order valence-electron chi connectivity index (χ3n) is 6.60. The predicted molar refractivity (Wildman–Crippen MR) is 147 cm³/mol. The molecule has 0 aliphatic heterocycles. The first-order valence-electron chi connectivity index (χ1n) is 12.8. The minimum absolute atomic E-state index is 0.188. The number of amides is 4. The smallest absolute Gasteiger partial charge is 0.258 e. The Morgan fingerprint density at radius 1 is 0.865 bits per heavy atom. The number of hydrogen-bond donors (Lipinski definition) is 4. The minimum atomic E-state index is -3.96. The van der Waals surface area contributed by atoms with Gasteiger partial charge in [0.15, 0.2) is 0 Å². The Morgan fingerprint density at radius 2 is 1.35 bits per heavy atom. The summed E-state index contributed by atoms with van der Waals surface area (Å²) in [5.41, 5.74) is 0. The van der Waals surface area contributed by atoms with Gasteiger partial charge in [-0.05, 0) is 24.8 Å². The molecule has 0 radical (unpaired) electrons. The highest BCUT2D eigenvalue weighted by Crippen LogP contribution is 2.17. The molecule has 0 aliphatic carbocycles. The number of nitrogens with one attached hydrogen (secondary N) is 3. The topological polar surface area (TPSA) is 162 Å². The van der Waals surface area contributed by atoms with Crippen LogP contribution in [0.2, 0.25) is 25.7 Å². The number of aliphatic hydroxyl groups excluding tert-OH is 1. The summed E-state index contributed by atoms with van der Waals surface area (Å²) in [6.07, 6.45) is -0.279. The van der Waals surface area contributed by atoms with Crippen LogP contribution >= 0.6 is 0 Å². The summed E-state index contributed by atoms with van der Waals surface area (Å²) in [5.74, 6) is -3.39. The van der Waals surface area contributed by atoms with Crippen LogP contribution in [0.1, 0.15) is 54.4 Å². The second kappa shape index (κ2) is 14.8. The van der Waals surface area contributed by atoms with Crippen LogP contribution in [0, 0.1) is 11.8 Å². The third-order valence-corrected chi connectivity index (χ3v) is 9.96. The SMILES string of the molecule is CC[C@H](C)[C@H](NC(=O)[C@H]([C@@H](C)CC)N(C)C(C)=O)C(=O)N[C@H](C(=O)NS(=O)(=O)CC[Si](C)(C)C)[C@@H](C)O. The van der Waals surface area contributed by atoms with Gasteiger partial charge in [-0.15, -0.1) is 0 Å². The van der Waals surface area contributed by atoms with E-state index in [4.69, 9.17) is 0 Å². The molecule has 0 aromatic heterocycles. The zero-order valence-electron chi connectivity index (χ0n) is 24.0. The van der Waals surface area contributed by atoms with Crippen molar-refractivity contribution in [3.63, 3.8) is 0 Å². The average molecular weight is 565 g/mol. The van der Waals surface area contributed by atoms with Crippen molar-refractivity contribution in [3.05, 3.63) is 0 Å². The second-order valence-electron chi connectivity index (χ2n) is 11.2. The average Bonchev–Trinajstić information content (AvgIpc) is 2.77. The molecule has 4 amide bonds. The number of nitrogens with zero attached hydrogens (tertiary/aromatic N) is 1. The number of sulfonamides is 1. The van der Waals surface area contributed by atoms with E-state index in [9.17, 15) is 32.7 Å². The Kier molecular flexibility index (Phi) is 14.0. The molecule has 0 unspecified atom stereocenters.